The van der Waals surface area contributed by atoms with Crippen LogP contribution >= 0.6 is 0 Å². The van der Waals surface area contributed by atoms with Gasteiger partial charge in [-0.2, -0.15) is 0 Å². The minimum absolute atomic E-state index is 0.879. The summed E-state index contributed by atoms with van der Waals surface area (Å²) in [6.45, 7) is 34.2. The predicted octanol–water partition coefficient (Wildman–Crippen LogP) is 18.8. The molecule has 0 radical (unpaired) electrons. The van der Waals surface area contributed by atoms with Gasteiger partial charge >= 0.3 is 0 Å². The molecule has 0 N–H and O–H groups in total. The van der Waals surface area contributed by atoms with E-state index < -0.39 is 0 Å². The van der Waals surface area contributed by atoms with Crippen LogP contribution in [0.25, 0.3) is 43.8 Å². The van der Waals surface area contributed by atoms with Crippen LogP contribution < -0.4 is 9.80 Å². The van der Waals surface area contributed by atoms with Gasteiger partial charge in [-0.3, -0.25) is 0 Å². The maximum absolute atomic E-state index is 2.42. The number of para-hydroxylation sites is 2. The number of nitrogens with zero attached hydrogens (tertiary/aromatic N) is 2. The first-order valence-electron chi connectivity index (χ1n) is 22.6. The second kappa shape index (κ2) is 31.7. The third-order valence-electron chi connectivity index (χ3n) is 8.62. The highest BCUT2D eigenvalue weighted by Crippen LogP contribution is 2.39. The molecule has 0 aliphatic heterocycles. The molecule has 0 unspecified atom stereocenters. The highest BCUT2D eigenvalue weighted by Gasteiger charge is 2.16. The van der Waals surface area contributed by atoms with E-state index in [1.807, 2.05) is 96.9 Å². The summed E-state index contributed by atoms with van der Waals surface area (Å²) in [4.78, 5) is 4.83. The van der Waals surface area contributed by atoms with Gasteiger partial charge in [0.05, 0.1) is 0 Å². The molecule has 0 amide bonds. The zero-order valence-electron chi connectivity index (χ0n) is 39.3. The van der Waals surface area contributed by atoms with Gasteiger partial charge in [0.2, 0.25) is 0 Å². The number of fused-ring (bicyclic) bond motifs is 3. The third-order valence-corrected chi connectivity index (χ3v) is 8.62. The lowest BCUT2D eigenvalue weighted by molar-refractivity contribution is 1.03. The molecule has 7 aromatic rings. The van der Waals surface area contributed by atoms with Gasteiger partial charge in [0, 0.05) is 47.0 Å². The SMILES string of the molecule is CC.CC.CC.CC.CC.CC.CC.CCN(c1ccc2c(ccc3cc(N(CC)c4ccccc4-c4ccccc4)ccc32)c1)c1ccccc1-c1ccccc1. The monoisotopic (exact) mass is 779 g/mol. The topological polar surface area (TPSA) is 6.48 Å². The van der Waals surface area contributed by atoms with Crippen molar-refractivity contribution in [3.05, 3.63) is 158 Å². The molecule has 0 bridgehead atoms. The van der Waals surface area contributed by atoms with E-state index >= 15 is 0 Å². The van der Waals surface area contributed by atoms with Gasteiger partial charge in [0.25, 0.3) is 0 Å². The summed E-state index contributed by atoms with van der Waals surface area (Å²) in [6.07, 6.45) is 0. The number of rotatable bonds is 8. The summed E-state index contributed by atoms with van der Waals surface area (Å²) in [5.74, 6) is 0. The van der Waals surface area contributed by atoms with Crippen LogP contribution in [-0.2, 0) is 0 Å². The van der Waals surface area contributed by atoms with E-state index in [4.69, 9.17) is 0 Å². The summed E-state index contributed by atoms with van der Waals surface area (Å²) < 4.78 is 0. The molecule has 0 atom stereocenters. The average Bonchev–Trinajstić information content (AvgIpc) is 3.34. The van der Waals surface area contributed by atoms with Crippen LogP contribution in [0.4, 0.5) is 22.7 Å². The van der Waals surface area contributed by atoms with Crippen molar-refractivity contribution in [2.45, 2.75) is 111 Å². The van der Waals surface area contributed by atoms with E-state index in [1.54, 1.807) is 0 Å². The van der Waals surface area contributed by atoms with Gasteiger partial charge < -0.3 is 9.80 Å². The first-order chi connectivity index (χ1) is 28.7. The van der Waals surface area contributed by atoms with Gasteiger partial charge in [-0.05, 0) is 82.9 Å². The summed E-state index contributed by atoms with van der Waals surface area (Å²) in [5.41, 5.74) is 9.81. The molecule has 2 heteroatoms. The minimum atomic E-state index is 0.879. The van der Waals surface area contributed by atoms with E-state index in [2.05, 4.69) is 181 Å². The second-order valence-corrected chi connectivity index (χ2v) is 11.1. The Balaban J connectivity index is 0.00000211. The van der Waals surface area contributed by atoms with Crippen LogP contribution in [0, 0.1) is 0 Å². The van der Waals surface area contributed by atoms with Crippen LogP contribution in [-0.4, -0.2) is 13.1 Å². The number of hydrogen-bond donors (Lipinski definition) is 0. The lowest BCUT2D eigenvalue weighted by atomic mass is 9.99. The smallest absolute Gasteiger partial charge is 0.0490 e. The molecule has 0 fully saturated rings. The first-order valence-corrected chi connectivity index (χ1v) is 22.6. The maximum Gasteiger partial charge on any atom is 0.0490 e. The Hall–Kier alpha value is -5.34. The molecule has 0 saturated carbocycles. The Labute approximate surface area is 356 Å². The Morgan fingerprint density at radius 3 is 0.914 bits per heavy atom. The van der Waals surface area contributed by atoms with E-state index in [-0.39, 0.29) is 0 Å². The molecule has 0 heterocycles. The molecule has 0 aromatic heterocycles. The quantitative estimate of drug-likeness (QED) is 0.142. The highest BCUT2D eigenvalue weighted by atomic mass is 15.1. The molecular formula is C56H78N2. The van der Waals surface area contributed by atoms with Crippen molar-refractivity contribution in [1.29, 1.82) is 0 Å². The first kappa shape index (κ1) is 52.7. The van der Waals surface area contributed by atoms with Gasteiger partial charge in [-0.1, -0.05) is 218 Å². The molecule has 0 spiro atoms. The Kier molecular flexibility index (Phi) is 28.8. The summed E-state index contributed by atoms with van der Waals surface area (Å²) in [5, 5.41) is 5.05. The standard InChI is InChI=1S/C42H36N2.7C2H6/c1-3-43(41-21-13-11-19-39(41)31-15-7-5-8-16-31)35-25-27-37-33(29-35)23-24-34-30-36(26-28-38(34)37)44(4-2)42-22-14-12-20-40(42)32-17-9-6-10-18-32;7*1-2/h5-30H,3-4H2,1-2H3;7*1-2H3. The molecule has 312 valence electrons. The Morgan fingerprint density at radius 1 is 0.310 bits per heavy atom. The molecule has 0 aliphatic rings. The lowest BCUT2D eigenvalue weighted by Gasteiger charge is -2.27. The number of benzene rings is 7. The van der Waals surface area contributed by atoms with Gasteiger partial charge in [0.1, 0.15) is 0 Å². The lowest BCUT2D eigenvalue weighted by Crippen LogP contribution is -2.17. The van der Waals surface area contributed by atoms with Crippen LogP contribution in [0.2, 0.25) is 0 Å². The van der Waals surface area contributed by atoms with Crippen LogP contribution in [0.3, 0.4) is 0 Å². The maximum atomic E-state index is 2.42. The third kappa shape index (κ3) is 13.7. The molecule has 7 rings (SSSR count). The van der Waals surface area contributed by atoms with Crippen molar-refractivity contribution < 1.29 is 0 Å². The van der Waals surface area contributed by atoms with Crippen molar-refractivity contribution in [1.82, 2.24) is 0 Å². The molecule has 7 aromatic carbocycles. The van der Waals surface area contributed by atoms with Crippen molar-refractivity contribution in [3.8, 4) is 22.3 Å². The summed E-state index contributed by atoms with van der Waals surface area (Å²) in [6, 6.07) is 57.1. The number of anilines is 4. The van der Waals surface area contributed by atoms with Crippen molar-refractivity contribution in [2.75, 3.05) is 22.9 Å². The van der Waals surface area contributed by atoms with Gasteiger partial charge in [-0.15, -0.1) is 0 Å². The zero-order chi connectivity index (χ0) is 43.9. The van der Waals surface area contributed by atoms with Crippen LogP contribution in [0.5, 0.6) is 0 Å². The molecule has 0 saturated heterocycles. The van der Waals surface area contributed by atoms with Crippen molar-refractivity contribution in [3.63, 3.8) is 0 Å². The Bertz CT molecular complexity index is 1900. The molecule has 58 heavy (non-hydrogen) atoms. The largest absolute Gasteiger partial charge is 0.341 e. The van der Waals surface area contributed by atoms with E-state index in [1.165, 1.54) is 66.5 Å². The van der Waals surface area contributed by atoms with Crippen molar-refractivity contribution in [2.24, 2.45) is 0 Å². The number of hydrogen-bond acceptors (Lipinski definition) is 2. The normalized spacial score (nSPS) is 9.17. The predicted molar refractivity (Wildman–Crippen MR) is 270 cm³/mol. The van der Waals surface area contributed by atoms with E-state index in [9.17, 15) is 0 Å². The zero-order valence-corrected chi connectivity index (χ0v) is 39.3. The Morgan fingerprint density at radius 2 is 0.603 bits per heavy atom. The fourth-order valence-electron chi connectivity index (χ4n) is 6.51. The van der Waals surface area contributed by atoms with Crippen molar-refractivity contribution >= 4 is 44.3 Å². The molecule has 0 aliphatic carbocycles. The second-order valence-electron chi connectivity index (χ2n) is 11.1. The minimum Gasteiger partial charge on any atom is -0.341 e. The highest BCUT2D eigenvalue weighted by molar-refractivity contribution is 6.09. The van der Waals surface area contributed by atoms with E-state index in [0.29, 0.717) is 0 Å². The summed E-state index contributed by atoms with van der Waals surface area (Å²) in [7, 11) is 0. The van der Waals surface area contributed by atoms with E-state index in [0.717, 1.165) is 13.1 Å². The van der Waals surface area contributed by atoms with Gasteiger partial charge in [-0.25, -0.2) is 0 Å². The summed E-state index contributed by atoms with van der Waals surface area (Å²) >= 11 is 0. The fraction of sp³-hybridized carbons (Fsp3) is 0.321. The average molecular weight is 779 g/mol. The fourth-order valence-corrected chi connectivity index (χ4v) is 6.51. The molecule has 2 nitrogen and oxygen atoms in total. The van der Waals surface area contributed by atoms with Crippen LogP contribution in [0.15, 0.2) is 158 Å². The molecular weight excluding hydrogens is 701 g/mol. The van der Waals surface area contributed by atoms with Gasteiger partial charge in [0.15, 0.2) is 0 Å². The van der Waals surface area contributed by atoms with Crippen LogP contribution in [0.1, 0.15) is 111 Å².